The number of carbonyl (C=O) groups is 1. The summed E-state index contributed by atoms with van der Waals surface area (Å²) in [5.74, 6) is 0.293. The van der Waals surface area contributed by atoms with Crippen molar-refractivity contribution in [2.24, 2.45) is 5.92 Å². The van der Waals surface area contributed by atoms with E-state index in [-0.39, 0.29) is 11.8 Å². The van der Waals surface area contributed by atoms with E-state index in [1.165, 1.54) is 5.56 Å². The molecule has 5 heteroatoms. The average molecular weight is 270 g/mol. The predicted octanol–water partition coefficient (Wildman–Crippen LogP) is 0.767. The first-order valence-corrected chi connectivity index (χ1v) is 6.83. The fourth-order valence-corrected chi connectivity index (χ4v) is 2.16. The molecular weight excluding hydrogens is 252 g/mol. The van der Waals surface area contributed by atoms with Crippen molar-refractivity contribution < 1.29 is 4.79 Å². The highest BCUT2D eigenvalue weighted by Gasteiger charge is 2.24. The third-order valence-corrected chi connectivity index (χ3v) is 3.57. The van der Waals surface area contributed by atoms with Crippen molar-refractivity contribution in [1.29, 1.82) is 0 Å². The molecule has 2 aromatic rings. The molecule has 104 valence electrons. The van der Waals surface area contributed by atoms with E-state index in [1.807, 2.05) is 10.8 Å². The third kappa shape index (κ3) is 3.05. The molecule has 1 aliphatic heterocycles. The molecule has 2 N–H and O–H groups in total. The Labute approximate surface area is 118 Å². The first-order valence-electron chi connectivity index (χ1n) is 6.83. The molecule has 0 saturated carbocycles. The maximum Gasteiger partial charge on any atom is 0.225 e. The number of hydrogen-bond acceptors (Lipinski definition) is 3. The van der Waals surface area contributed by atoms with Crippen LogP contribution < -0.4 is 10.6 Å². The summed E-state index contributed by atoms with van der Waals surface area (Å²) >= 11 is 0. The van der Waals surface area contributed by atoms with Crippen molar-refractivity contribution >= 4 is 5.91 Å². The third-order valence-electron chi connectivity index (χ3n) is 3.57. The van der Waals surface area contributed by atoms with Gasteiger partial charge in [-0.15, -0.1) is 0 Å². The average Bonchev–Trinajstić information content (AvgIpc) is 2.89. The van der Waals surface area contributed by atoms with E-state index in [9.17, 15) is 4.79 Å². The molecule has 1 fully saturated rings. The molecule has 2 heterocycles. The van der Waals surface area contributed by atoms with E-state index in [0.717, 1.165) is 25.2 Å². The zero-order chi connectivity index (χ0) is 13.8. The summed E-state index contributed by atoms with van der Waals surface area (Å²) in [6.07, 6.45) is 5.53. The first kappa shape index (κ1) is 12.9. The molecule has 20 heavy (non-hydrogen) atoms. The molecule has 0 unspecified atom stereocenters. The molecule has 3 rings (SSSR count). The monoisotopic (exact) mass is 270 g/mol. The highest BCUT2D eigenvalue weighted by Crippen LogP contribution is 2.07. The van der Waals surface area contributed by atoms with Crippen LogP contribution in [0, 0.1) is 5.92 Å². The van der Waals surface area contributed by atoms with Gasteiger partial charge in [-0.2, -0.15) is 0 Å². The Morgan fingerprint density at radius 1 is 1.30 bits per heavy atom. The van der Waals surface area contributed by atoms with Gasteiger partial charge in [0.05, 0.1) is 12.2 Å². The van der Waals surface area contributed by atoms with Crippen LogP contribution in [0.4, 0.5) is 0 Å². The topological polar surface area (TPSA) is 59.0 Å². The summed E-state index contributed by atoms with van der Waals surface area (Å²) < 4.78 is 2.03. The maximum atomic E-state index is 11.7. The van der Waals surface area contributed by atoms with Crippen LogP contribution in [0.15, 0.2) is 43.0 Å². The van der Waals surface area contributed by atoms with Crippen LogP contribution in [0.3, 0.4) is 0 Å². The number of rotatable bonds is 5. The molecule has 0 aliphatic carbocycles. The molecule has 0 spiro atoms. The molecule has 1 aromatic heterocycles. The van der Waals surface area contributed by atoms with Crippen LogP contribution in [-0.2, 0) is 17.9 Å². The van der Waals surface area contributed by atoms with Crippen molar-refractivity contribution in [2.45, 2.75) is 13.1 Å². The van der Waals surface area contributed by atoms with Crippen molar-refractivity contribution in [3.63, 3.8) is 0 Å². The van der Waals surface area contributed by atoms with E-state index in [0.29, 0.717) is 6.54 Å². The Morgan fingerprint density at radius 2 is 2.05 bits per heavy atom. The minimum absolute atomic E-state index is 0.145. The van der Waals surface area contributed by atoms with Gasteiger partial charge in [-0.1, -0.05) is 24.3 Å². The van der Waals surface area contributed by atoms with Crippen LogP contribution in [-0.4, -0.2) is 28.5 Å². The van der Waals surface area contributed by atoms with Gasteiger partial charge in [0.1, 0.15) is 0 Å². The molecule has 1 aliphatic rings. The predicted molar refractivity (Wildman–Crippen MR) is 76.0 cm³/mol. The summed E-state index contributed by atoms with van der Waals surface area (Å²) in [6.45, 7) is 3.02. The number of aromatic nitrogens is 2. The summed E-state index contributed by atoms with van der Waals surface area (Å²) in [7, 11) is 0. The molecule has 0 bridgehead atoms. The minimum atomic E-state index is 0.145. The molecule has 0 atom stereocenters. The lowest BCUT2D eigenvalue weighted by molar-refractivity contribution is -0.126. The van der Waals surface area contributed by atoms with Crippen molar-refractivity contribution in [2.75, 3.05) is 13.1 Å². The maximum absolute atomic E-state index is 11.7. The van der Waals surface area contributed by atoms with E-state index < -0.39 is 0 Å². The molecule has 0 radical (unpaired) electrons. The highest BCUT2D eigenvalue weighted by molar-refractivity contribution is 5.79. The van der Waals surface area contributed by atoms with Gasteiger partial charge in [-0.05, 0) is 11.1 Å². The molecule has 5 nitrogen and oxygen atoms in total. The summed E-state index contributed by atoms with van der Waals surface area (Å²) in [5, 5.41) is 6.07. The van der Waals surface area contributed by atoms with Gasteiger partial charge in [0.15, 0.2) is 0 Å². The van der Waals surface area contributed by atoms with Gasteiger partial charge in [-0.3, -0.25) is 4.79 Å². The van der Waals surface area contributed by atoms with Crippen molar-refractivity contribution in [3.8, 4) is 0 Å². The molecule has 1 saturated heterocycles. The lowest BCUT2D eigenvalue weighted by atomic mass is 10.0. The van der Waals surface area contributed by atoms with E-state index >= 15 is 0 Å². The molecular formula is C15H18N4O. The Morgan fingerprint density at radius 3 is 2.65 bits per heavy atom. The van der Waals surface area contributed by atoms with Crippen molar-refractivity contribution in [1.82, 2.24) is 20.2 Å². The van der Waals surface area contributed by atoms with Crippen LogP contribution >= 0.6 is 0 Å². The van der Waals surface area contributed by atoms with E-state index in [4.69, 9.17) is 0 Å². The number of hydrogen-bond donors (Lipinski definition) is 2. The second kappa shape index (κ2) is 5.88. The standard InChI is InChI=1S/C15H18N4O/c20-15(14-8-17-9-14)18-7-12-1-3-13(4-2-12)10-19-6-5-16-11-19/h1-6,11,14,17H,7-10H2,(H,18,20). The largest absolute Gasteiger partial charge is 0.352 e. The molecule has 1 amide bonds. The van der Waals surface area contributed by atoms with Gasteiger partial charge in [0, 0.05) is 38.6 Å². The fraction of sp³-hybridized carbons (Fsp3) is 0.333. The molecule has 1 aromatic carbocycles. The van der Waals surface area contributed by atoms with Crippen molar-refractivity contribution in [3.05, 3.63) is 54.1 Å². The second-order valence-corrected chi connectivity index (χ2v) is 5.12. The first-order chi connectivity index (χ1) is 9.81. The summed E-state index contributed by atoms with van der Waals surface area (Å²) in [4.78, 5) is 15.7. The van der Waals surface area contributed by atoms with Crippen LogP contribution in [0.2, 0.25) is 0 Å². The summed E-state index contributed by atoms with van der Waals surface area (Å²) in [5.41, 5.74) is 2.35. The Balaban J connectivity index is 1.52. The number of carbonyl (C=O) groups excluding carboxylic acids is 1. The van der Waals surface area contributed by atoms with E-state index in [2.05, 4.69) is 39.9 Å². The van der Waals surface area contributed by atoms with Gasteiger partial charge >= 0.3 is 0 Å². The lowest BCUT2D eigenvalue weighted by Crippen LogP contribution is -2.50. The van der Waals surface area contributed by atoms with Crippen LogP contribution in [0.5, 0.6) is 0 Å². The highest BCUT2D eigenvalue weighted by atomic mass is 16.2. The SMILES string of the molecule is O=C(NCc1ccc(Cn2ccnc2)cc1)C1CNC1. The Bertz CT molecular complexity index is 558. The normalized spacial score (nSPS) is 14.8. The van der Waals surface area contributed by atoms with Gasteiger partial charge in [0.25, 0.3) is 0 Å². The van der Waals surface area contributed by atoms with Gasteiger partial charge in [-0.25, -0.2) is 4.98 Å². The van der Waals surface area contributed by atoms with Gasteiger partial charge < -0.3 is 15.2 Å². The minimum Gasteiger partial charge on any atom is -0.352 e. The quantitative estimate of drug-likeness (QED) is 0.843. The summed E-state index contributed by atoms with van der Waals surface area (Å²) in [6, 6.07) is 8.30. The van der Waals surface area contributed by atoms with Crippen LogP contribution in [0.1, 0.15) is 11.1 Å². The smallest absolute Gasteiger partial charge is 0.225 e. The second-order valence-electron chi connectivity index (χ2n) is 5.12. The lowest BCUT2D eigenvalue weighted by Gasteiger charge is -2.25. The zero-order valence-electron chi connectivity index (χ0n) is 11.2. The number of nitrogens with zero attached hydrogens (tertiary/aromatic N) is 2. The number of nitrogens with one attached hydrogen (secondary N) is 2. The number of benzene rings is 1. The Hall–Kier alpha value is -2.14. The van der Waals surface area contributed by atoms with Gasteiger partial charge in [0.2, 0.25) is 5.91 Å². The zero-order valence-corrected chi connectivity index (χ0v) is 11.2. The number of amides is 1. The van der Waals surface area contributed by atoms with Crippen LogP contribution in [0.25, 0.3) is 0 Å². The Kier molecular flexibility index (Phi) is 3.78. The number of imidazole rings is 1. The van der Waals surface area contributed by atoms with E-state index in [1.54, 1.807) is 12.5 Å². The fourth-order valence-electron chi connectivity index (χ4n) is 2.16.